The summed E-state index contributed by atoms with van der Waals surface area (Å²) in [6, 6.07) is 0. The van der Waals surface area contributed by atoms with E-state index < -0.39 is 0 Å². The highest BCUT2D eigenvalue weighted by Gasteiger charge is 2.46. The van der Waals surface area contributed by atoms with Crippen LogP contribution in [-0.4, -0.2) is 31.2 Å². The molecule has 2 atom stereocenters. The molecule has 0 aromatic carbocycles. The molecule has 0 radical (unpaired) electrons. The Hall–Kier alpha value is -1.10. The molecule has 2 unspecified atom stereocenters. The molecule has 1 saturated heterocycles. The number of anilines is 1. The van der Waals surface area contributed by atoms with Crippen molar-refractivity contribution in [2.75, 3.05) is 25.1 Å². The molecule has 2 fully saturated rings. The fraction of sp³-hybridized carbons (Fsp3) is 0.692. The Morgan fingerprint density at radius 2 is 2.50 bits per heavy atom. The monoisotopic (exact) mass is 266 g/mol. The average molecular weight is 266 g/mol. The zero-order chi connectivity index (χ0) is 12.8. The second kappa shape index (κ2) is 4.23. The normalized spacial score (nSPS) is 30.6. The summed E-state index contributed by atoms with van der Waals surface area (Å²) in [6.45, 7) is 4.55. The molecule has 0 spiro atoms. The minimum Gasteiger partial charge on any atom is -0.464 e. The molecule has 1 aromatic rings. The summed E-state index contributed by atoms with van der Waals surface area (Å²) in [6.07, 6.45) is 4.02. The van der Waals surface area contributed by atoms with Crippen molar-refractivity contribution in [2.24, 2.45) is 11.3 Å². The van der Waals surface area contributed by atoms with Gasteiger partial charge in [-0.1, -0.05) is 13.3 Å². The van der Waals surface area contributed by atoms with Crippen molar-refractivity contribution in [3.63, 3.8) is 0 Å². The molecule has 1 aliphatic heterocycles. The molecule has 0 bridgehead atoms. The zero-order valence-corrected chi connectivity index (χ0v) is 11.6. The first-order chi connectivity index (χ1) is 8.62. The first kappa shape index (κ1) is 12.0. The van der Waals surface area contributed by atoms with E-state index in [1.165, 1.54) is 26.4 Å². The smallest absolute Gasteiger partial charge is 0.357 e. The summed E-state index contributed by atoms with van der Waals surface area (Å²) in [4.78, 5) is 18.1. The number of carbonyl (C=O) groups is 1. The molecule has 2 heterocycles. The standard InChI is InChI=1S/C13H18N2O2S/c1-13-5-3-4-9(13)6-15(8-13)12-14-10(7-18-12)11(16)17-2/h7,9H,3-6,8H2,1-2H3. The lowest BCUT2D eigenvalue weighted by molar-refractivity contribution is 0.0595. The molecule has 1 saturated carbocycles. The maximum atomic E-state index is 11.4. The topological polar surface area (TPSA) is 42.4 Å². The van der Waals surface area contributed by atoms with Gasteiger partial charge in [-0.05, 0) is 24.2 Å². The van der Waals surface area contributed by atoms with Gasteiger partial charge in [0.1, 0.15) is 0 Å². The summed E-state index contributed by atoms with van der Waals surface area (Å²) in [5.74, 6) is 0.450. The third kappa shape index (κ3) is 1.81. The highest BCUT2D eigenvalue weighted by atomic mass is 32.1. The van der Waals surface area contributed by atoms with E-state index in [4.69, 9.17) is 4.74 Å². The van der Waals surface area contributed by atoms with Crippen molar-refractivity contribution < 1.29 is 9.53 Å². The lowest BCUT2D eigenvalue weighted by Gasteiger charge is -2.22. The second-order valence-electron chi connectivity index (χ2n) is 5.63. The molecule has 18 heavy (non-hydrogen) atoms. The number of aromatic nitrogens is 1. The van der Waals surface area contributed by atoms with Crippen molar-refractivity contribution in [1.29, 1.82) is 0 Å². The average Bonchev–Trinajstić information content (AvgIpc) is 2.99. The summed E-state index contributed by atoms with van der Waals surface area (Å²) in [7, 11) is 1.39. The van der Waals surface area contributed by atoms with E-state index in [0.29, 0.717) is 11.1 Å². The molecule has 5 heteroatoms. The van der Waals surface area contributed by atoms with Crippen LogP contribution in [0.25, 0.3) is 0 Å². The predicted octanol–water partition coefficient (Wildman–Crippen LogP) is 2.56. The van der Waals surface area contributed by atoms with E-state index in [1.54, 1.807) is 16.7 Å². The third-order valence-electron chi connectivity index (χ3n) is 4.44. The predicted molar refractivity (Wildman–Crippen MR) is 71.1 cm³/mol. The van der Waals surface area contributed by atoms with Gasteiger partial charge in [0, 0.05) is 18.5 Å². The highest BCUT2D eigenvalue weighted by Crippen LogP contribution is 2.49. The Kier molecular flexibility index (Phi) is 2.81. The number of fused-ring (bicyclic) bond motifs is 1. The minimum absolute atomic E-state index is 0.344. The summed E-state index contributed by atoms with van der Waals surface area (Å²) >= 11 is 1.54. The summed E-state index contributed by atoms with van der Waals surface area (Å²) in [5.41, 5.74) is 0.886. The van der Waals surface area contributed by atoms with Gasteiger partial charge in [0.2, 0.25) is 0 Å². The van der Waals surface area contributed by atoms with Crippen LogP contribution in [0, 0.1) is 11.3 Å². The molecule has 0 amide bonds. The minimum atomic E-state index is -0.344. The van der Waals surface area contributed by atoms with E-state index in [1.807, 2.05) is 0 Å². The lowest BCUT2D eigenvalue weighted by Crippen LogP contribution is -2.24. The molecule has 1 aliphatic carbocycles. The van der Waals surface area contributed by atoms with E-state index in [2.05, 4.69) is 16.8 Å². The lowest BCUT2D eigenvalue weighted by atomic mass is 9.83. The van der Waals surface area contributed by atoms with Crippen LogP contribution < -0.4 is 4.90 Å². The maximum absolute atomic E-state index is 11.4. The third-order valence-corrected chi connectivity index (χ3v) is 5.34. The number of nitrogens with zero attached hydrogens (tertiary/aromatic N) is 2. The molecular weight excluding hydrogens is 248 g/mol. The van der Waals surface area contributed by atoms with Gasteiger partial charge < -0.3 is 9.64 Å². The Labute approximate surface area is 111 Å². The van der Waals surface area contributed by atoms with Crippen LogP contribution in [0.1, 0.15) is 36.7 Å². The Balaban J connectivity index is 1.77. The quantitative estimate of drug-likeness (QED) is 0.772. The SMILES string of the molecule is COC(=O)c1csc(N2CC3CCCC3(C)C2)n1. The fourth-order valence-corrected chi connectivity index (χ4v) is 4.15. The fourth-order valence-electron chi connectivity index (χ4n) is 3.34. The number of hydrogen-bond acceptors (Lipinski definition) is 5. The van der Waals surface area contributed by atoms with Crippen molar-refractivity contribution in [2.45, 2.75) is 26.2 Å². The number of hydrogen-bond donors (Lipinski definition) is 0. The maximum Gasteiger partial charge on any atom is 0.357 e. The largest absolute Gasteiger partial charge is 0.464 e. The van der Waals surface area contributed by atoms with Gasteiger partial charge in [-0.15, -0.1) is 11.3 Å². The number of carbonyl (C=O) groups excluding carboxylic acids is 1. The van der Waals surface area contributed by atoms with E-state index in [0.717, 1.165) is 24.1 Å². The molecule has 0 N–H and O–H groups in total. The molecule has 4 nitrogen and oxygen atoms in total. The van der Waals surface area contributed by atoms with Gasteiger partial charge >= 0.3 is 5.97 Å². The Morgan fingerprint density at radius 1 is 1.67 bits per heavy atom. The first-order valence-electron chi connectivity index (χ1n) is 6.41. The zero-order valence-electron chi connectivity index (χ0n) is 10.8. The molecule has 3 rings (SSSR count). The Bertz CT molecular complexity index is 473. The van der Waals surface area contributed by atoms with Crippen LogP contribution in [0.5, 0.6) is 0 Å². The second-order valence-corrected chi connectivity index (χ2v) is 6.47. The van der Waals surface area contributed by atoms with Crippen molar-refractivity contribution >= 4 is 22.4 Å². The van der Waals surface area contributed by atoms with E-state index in [9.17, 15) is 4.79 Å². The van der Waals surface area contributed by atoms with Crippen LogP contribution in [0.3, 0.4) is 0 Å². The van der Waals surface area contributed by atoms with Gasteiger partial charge in [-0.3, -0.25) is 0 Å². The summed E-state index contributed by atoms with van der Waals surface area (Å²) < 4.78 is 4.69. The van der Waals surface area contributed by atoms with Gasteiger partial charge in [0.15, 0.2) is 10.8 Å². The number of methoxy groups -OCH3 is 1. The van der Waals surface area contributed by atoms with Gasteiger partial charge in [0.05, 0.1) is 7.11 Å². The van der Waals surface area contributed by atoms with Crippen LogP contribution in [-0.2, 0) is 4.74 Å². The Morgan fingerprint density at radius 3 is 3.22 bits per heavy atom. The molecule has 98 valence electrons. The van der Waals surface area contributed by atoms with Crippen LogP contribution in [0.4, 0.5) is 5.13 Å². The number of rotatable bonds is 2. The van der Waals surface area contributed by atoms with E-state index in [-0.39, 0.29) is 5.97 Å². The van der Waals surface area contributed by atoms with Crippen LogP contribution in [0.2, 0.25) is 0 Å². The highest BCUT2D eigenvalue weighted by molar-refractivity contribution is 7.13. The molecule has 1 aromatic heterocycles. The van der Waals surface area contributed by atoms with Crippen LogP contribution >= 0.6 is 11.3 Å². The van der Waals surface area contributed by atoms with Gasteiger partial charge in [0.25, 0.3) is 0 Å². The van der Waals surface area contributed by atoms with Crippen molar-refractivity contribution in [3.05, 3.63) is 11.1 Å². The number of esters is 1. The first-order valence-corrected chi connectivity index (χ1v) is 7.29. The molecule has 2 aliphatic rings. The van der Waals surface area contributed by atoms with Gasteiger partial charge in [-0.2, -0.15) is 0 Å². The summed E-state index contributed by atoms with van der Waals surface area (Å²) in [5, 5.41) is 2.75. The van der Waals surface area contributed by atoms with E-state index >= 15 is 0 Å². The number of ether oxygens (including phenoxy) is 1. The number of thiazole rings is 1. The van der Waals surface area contributed by atoms with Gasteiger partial charge in [-0.25, -0.2) is 9.78 Å². The van der Waals surface area contributed by atoms with Crippen LogP contribution in [0.15, 0.2) is 5.38 Å². The van der Waals surface area contributed by atoms with Crippen molar-refractivity contribution in [3.8, 4) is 0 Å². The van der Waals surface area contributed by atoms with Crippen molar-refractivity contribution in [1.82, 2.24) is 4.98 Å². The molecular formula is C13H18N2O2S.